The van der Waals surface area contributed by atoms with Crippen molar-refractivity contribution in [2.24, 2.45) is 5.92 Å². The van der Waals surface area contributed by atoms with Crippen LogP contribution in [-0.2, 0) is 6.54 Å². The minimum absolute atomic E-state index is 0.720. The SMILES string of the molecule is Cc1cccc(C)c1CN(CC1CC1)CC1CCCN1. The van der Waals surface area contributed by atoms with Gasteiger partial charge >= 0.3 is 0 Å². The molecule has 2 aliphatic rings. The molecule has 1 saturated heterocycles. The van der Waals surface area contributed by atoms with Crippen molar-refractivity contribution in [2.75, 3.05) is 19.6 Å². The molecular weight excluding hydrogens is 244 g/mol. The van der Waals surface area contributed by atoms with Gasteiger partial charge in [0.05, 0.1) is 0 Å². The summed E-state index contributed by atoms with van der Waals surface area (Å²) >= 11 is 0. The van der Waals surface area contributed by atoms with Gasteiger partial charge in [0.1, 0.15) is 0 Å². The molecule has 110 valence electrons. The highest BCUT2D eigenvalue weighted by molar-refractivity contribution is 5.33. The topological polar surface area (TPSA) is 15.3 Å². The number of nitrogens with zero attached hydrogens (tertiary/aromatic N) is 1. The van der Waals surface area contributed by atoms with E-state index in [4.69, 9.17) is 0 Å². The van der Waals surface area contributed by atoms with Crippen molar-refractivity contribution in [1.82, 2.24) is 10.2 Å². The minimum Gasteiger partial charge on any atom is -0.313 e. The van der Waals surface area contributed by atoms with Crippen molar-refractivity contribution in [3.8, 4) is 0 Å². The highest BCUT2D eigenvalue weighted by atomic mass is 15.2. The third-order valence-corrected chi connectivity index (χ3v) is 4.88. The molecule has 1 aliphatic carbocycles. The van der Waals surface area contributed by atoms with Crippen LogP contribution in [0.5, 0.6) is 0 Å². The quantitative estimate of drug-likeness (QED) is 0.855. The summed E-state index contributed by atoms with van der Waals surface area (Å²) in [6.07, 6.45) is 5.60. The molecule has 2 heteroatoms. The first-order valence-corrected chi connectivity index (χ1v) is 8.23. The third kappa shape index (κ3) is 3.62. The van der Waals surface area contributed by atoms with Gasteiger partial charge in [-0.25, -0.2) is 0 Å². The number of benzene rings is 1. The lowest BCUT2D eigenvalue weighted by atomic mass is 10.0. The van der Waals surface area contributed by atoms with E-state index in [0.29, 0.717) is 0 Å². The molecule has 1 aliphatic heterocycles. The van der Waals surface area contributed by atoms with Gasteiger partial charge in [-0.2, -0.15) is 0 Å². The maximum Gasteiger partial charge on any atom is 0.0239 e. The van der Waals surface area contributed by atoms with Crippen LogP contribution in [0.2, 0.25) is 0 Å². The van der Waals surface area contributed by atoms with E-state index in [-0.39, 0.29) is 0 Å². The molecule has 2 fully saturated rings. The first-order valence-electron chi connectivity index (χ1n) is 8.23. The van der Waals surface area contributed by atoms with Crippen LogP contribution in [0.1, 0.15) is 42.4 Å². The van der Waals surface area contributed by atoms with E-state index in [1.807, 2.05) is 0 Å². The Balaban J connectivity index is 1.67. The fourth-order valence-corrected chi connectivity index (χ4v) is 3.42. The number of hydrogen-bond donors (Lipinski definition) is 1. The van der Waals surface area contributed by atoms with Crippen LogP contribution in [-0.4, -0.2) is 30.6 Å². The van der Waals surface area contributed by atoms with Crippen LogP contribution in [0.4, 0.5) is 0 Å². The molecule has 1 N–H and O–H groups in total. The van der Waals surface area contributed by atoms with Crippen LogP contribution in [0.3, 0.4) is 0 Å². The monoisotopic (exact) mass is 272 g/mol. The minimum atomic E-state index is 0.720. The van der Waals surface area contributed by atoms with Crippen molar-refractivity contribution in [2.45, 2.75) is 52.1 Å². The Hall–Kier alpha value is -0.860. The molecule has 0 bridgehead atoms. The molecule has 0 aromatic heterocycles. The summed E-state index contributed by atoms with van der Waals surface area (Å²) in [6, 6.07) is 7.41. The van der Waals surface area contributed by atoms with E-state index in [0.717, 1.165) is 18.5 Å². The van der Waals surface area contributed by atoms with Gasteiger partial charge in [-0.1, -0.05) is 18.2 Å². The van der Waals surface area contributed by atoms with Crippen LogP contribution in [0, 0.1) is 19.8 Å². The average molecular weight is 272 g/mol. The molecular formula is C18H28N2. The molecule has 20 heavy (non-hydrogen) atoms. The highest BCUT2D eigenvalue weighted by Gasteiger charge is 2.26. The Morgan fingerprint density at radius 1 is 1.10 bits per heavy atom. The van der Waals surface area contributed by atoms with E-state index < -0.39 is 0 Å². The molecule has 1 atom stereocenters. The normalized spacial score (nSPS) is 22.6. The standard InChI is InChI=1S/C18H28N2/c1-14-5-3-6-15(2)18(14)13-20(11-16-8-9-16)12-17-7-4-10-19-17/h3,5-6,16-17,19H,4,7-13H2,1-2H3. The zero-order valence-electron chi connectivity index (χ0n) is 13.0. The molecule has 1 aromatic rings. The summed E-state index contributed by atoms with van der Waals surface area (Å²) in [7, 11) is 0. The van der Waals surface area contributed by atoms with Gasteiger partial charge in [-0.15, -0.1) is 0 Å². The molecule has 0 amide bonds. The van der Waals surface area contributed by atoms with Crippen LogP contribution >= 0.6 is 0 Å². The fraction of sp³-hybridized carbons (Fsp3) is 0.667. The van der Waals surface area contributed by atoms with Gasteiger partial charge in [0.2, 0.25) is 0 Å². The summed E-state index contributed by atoms with van der Waals surface area (Å²) in [5.41, 5.74) is 4.45. The van der Waals surface area contributed by atoms with Gasteiger partial charge in [0.15, 0.2) is 0 Å². The van der Waals surface area contributed by atoms with E-state index in [1.165, 1.54) is 56.4 Å². The lowest BCUT2D eigenvalue weighted by Gasteiger charge is -2.27. The lowest BCUT2D eigenvalue weighted by Crippen LogP contribution is -2.38. The van der Waals surface area contributed by atoms with Gasteiger partial charge in [0.25, 0.3) is 0 Å². The molecule has 2 nitrogen and oxygen atoms in total. The van der Waals surface area contributed by atoms with Gasteiger partial charge in [-0.3, -0.25) is 4.90 Å². The second kappa shape index (κ2) is 6.28. The Kier molecular flexibility index (Phi) is 4.42. The van der Waals surface area contributed by atoms with Crippen LogP contribution < -0.4 is 5.32 Å². The lowest BCUT2D eigenvalue weighted by molar-refractivity contribution is 0.231. The molecule has 1 aromatic carbocycles. The van der Waals surface area contributed by atoms with Crippen molar-refractivity contribution in [3.05, 3.63) is 34.9 Å². The molecule has 1 heterocycles. The van der Waals surface area contributed by atoms with Crippen LogP contribution in [0.25, 0.3) is 0 Å². The first kappa shape index (κ1) is 14.1. The van der Waals surface area contributed by atoms with E-state index in [1.54, 1.807) is 5.56 Å². The number of hydrogen-bond acceptors (Lipinski definition) is 2. The Morgan fingerprint density at radius 2 is 1.85 bits per heavy atom. The third-order valence-electron chi connectivity index (χ3n) is 4.88. The smallest absolute Gasteiger partial charge is 0.0239 e. The molecule has 0 spiro atoms. The zero-order chi connectivity index (χ0) is 13.9. The van der Waals surface area contributed by atoms with E-state index >= 15 is 0 Å². The van der Waals surface area contributed by atoms with Gasteiger partial charge < -0.3 is 5.32 Å². The predicted molar refractivity (Wildman–Crippen MR) is 84.9 cm³/mol. The second-order valence-electron chi connectivity index (χ2n) is 6.80. The van der Waals surface area contributed by atoms with Crippen LogP contribution in [0.15, 0.2) is 18.2 Å². The number of rotatable bonds is 6. The van der Waals surface area contributed by atoms with Crippen molar-refractivity contribution >= 4 is 0 Å². The summed E-state index contributed by atoms with van der Waals surface area (Å²) in [4.78, 5) is 2.70. The average Bonchev–Trinajstić information content (AvgIpc) is 3.08. The second-order valence-corrected chi connectivity index (χ2v) is 6.80. The highest BCUT2D eigenvalue weighted by Crippen LogP contribution is 2.31. The van der Waals surface area contributed by atoms with Gasteiger partial charge in [-0.05, 0) is 68.7 Å². The predicted octanol–water partition coefficient (Wildman–Crippen LogP) is 3.27. The molecule has 1 saturated carbocycles. The largest absolute Gasteiger partial charge is 0.313 e. The van der Waals surface area contributed by atoms with Crippen molar-refractivity contribution < 1.29 is 0 Å². The Morgan fingerprint density at radius 3 is 2.45 bits per heavy atom. The molecule has 3 rings (SSSR count). The molecule has 1 unspecified atom stereocenters. The number of aryl methyl sites for hydroxylation is 2. The maximum absolute atomic E-state index is 3.65. The van der Waals surface area contributed by atoms with Crippen molar-refractivity contribution in [3.63, 3.8) is 0 Å². The van der Waals surface area contributed by atoms with E-state index in [2.05, 4.69) is 42.3 Å². The summed E-state index contributed by atoms with van der Waals surface area (Å²) < 4.78 is 0. The van der Waals surface area contributed by atoms with Gasteiger partial charge in [0, 0.05) is 25.7 Å². The number of nitrogens with one attached hydrogen (secondary N) is 1. The summed E-state index contributed by atoms with van der Waals surface area (Å²) in [5.74, 6) is 0.973. The maximum atomic E-state index is 3.65. The molecule has 0 radical (unpaired) electrons. The first-order chi connectivity index (χ1) is 9.72. The summed E-state index contributed by atoms with van der Waals surface area (Å²) in [5, 5.41) is 3.65. The van der Waals surface area contributed by atoms with E-state index in [9.17, 15) is 0 Å². The Bertz CT molecular complexity index is 424. The Labute approximate surface area is 123 Å². The summed E-state index contributed by atoms with van der Waals surface area (Å²) in [6.45, 7) is 9.38. The fourth-order valence-electron chi connectivity index (χ4n) is 3.42. The van der Waals surface area contributed by atoms with Crippen molar-refractivity contribution in [1.29, 1.82) is 0 Å². The zero-order valence-corrected chi connectivity index (χ0v) is 13.0.